The third-order valence-electron chi connectivity index (χ3n) is 7.36. The summed E-state index contributed by atoms with van der Waals surface area (Å²) in [4.78, 5) is 15.6. The molecule has 0 radical (unpaired) electrons. The standard InChI is InChI=1S/C31H33N3O3S/c1-22-10-6-7-13-25(22)31(35)32-29-16-17-30(27-15-9-8-14-26(27)29)38(36,37)33-28-18-19-34(20-23(28)2)21-24-11-4-3-5-12-24/h3-17,23,28,33H,18-21H2,1-2H3,(H,32,35)/t23-,28+/m0/s1. The number of likely N-dealkylation sites (tertiary alicyclic amines) is 1. The lowest BCUT2D eigenvalue weighted by atomic mass is 9.94. The Morgan fingerprint density at radius 1 is 0.895 bits per heavy atom. The van der Waals surface area contributed by atoms with Gasteiger partial charge in [-0.05, 0) is 48.6 Å². The van der Waals surface area contributed by atoms with E-state index in [2.05, 4.69) is 34.0 Å². The van der Waals surface area contributed by atoms with Gasteiger partial charge in [0.1, 0.15) is 0 Å². The van der Waals surface area contributed by atoms with Gasteiger partial charge in [0.2, 0.25) is 10.0 Å². The number of anilines is 1. The zero-order valence-electron chi connectivity index (χ0n) is 21.7. The van der Waals surface area contributed by atoms with E-state index >= 15 is 0 Å². The van der Waals surface area contributed by atoms with E-state index < -0.39 is 10.0 Å². The summed E-state index contributed by atoms with van der Waals surface area (Å²) in [6.07, 6.45) is 0.746. The minimum atomic E-state index is -3.78. The van der Waals surface area contributed by atoms with Crippen LogP contribution < -0.4 is 10.0 Å². The van der Waals surface area contributed by atoms with Gasteiger partial charge < -0.3 is 5.32 Å². The lowest BCUT2D eigenvalue weighted by molar-refractivity contribution is 0.102. The number of nitrogens with zero attached hydrogens (tertiary/aromatic N) is 1. The molecule has 38 heavy (non-hydrogen) atoms. The smallest absolute Gasteiger partial charge is 0.255 e. The fourth-order valence-corrected chi connectivity index (χ4v) is 6.88. The topological polar surface area (TPSA) is 78.5 Å². The zero-order chi connectivity index (χ0) is 26.7. The van der Waals surface area contributed by atoms with Gasteiger partial charge in [0.25, 0.3) is 5.91 Å². The number of benzene rings is 4. The quantitative estimate of drug-likeness (QED) is 0.328. The van der Waals surface area contributed by atoms with Crippen molar-refractivity contribution < 1.29 is 13.2 Å². The van der Waals surface area contributed by atoms with Gasteiger partial charge in [0, 0.05) is 47.7 Å². The second-order valence-electron chi connectivity index (χ2n) is 10.1. The number of aryl methyl sites for hydroxylation is 1. The molecule has 1 aliphatic heterocycles. The van der Waals surface area contributed by atoms with E-state index in [1.165, 1.54) is 5.56 Å². The Bertz CT molecular complexity index is 1550. The predicted octanol–water partition coefficient (Wildman–Crippen LogP) is 5.59. The van der Waals surface area contributed by atoms with Crippen molar-refractivity contribution in [2.45, 2.75) is 37.8 Å². The van der Waals surface area contributed by atoms with Gasteiger partial charge in [-0.15, -0.1) is 0 Å². The molecule has 7 heteroatoms. The first-order valence-corrected chi connectivity index (χ1v) is 14.5. The molecule has 0 saturated carbocycles. The summed E-state index contributed by atoms with van der Waals surface area (Å²) in [6, 6.07) is 28.2. The van der Waals surface area contributed by atoms with Crippen LogP contribution in [-0.2, 0) is 16.6 Å². The highest BCUT2D eigenvalue weighted by Crippen LogP contribution is 2.31. The third kappa shape index (κ3) is 5.65. The van der Waals surface area contributed by atoms with Crippen molar-refractivity contribution in [2.24, 2.45) is 5.92 Å². The molecule has 4 aromatic rings. The van der Waals surface area contributed by atoms with Gasteiger partial charge in [0.05, 0.1) is 4.90 Å². The van der Waals surface area contributed by atoms with E-state index in [4.69, 9.17) is 0 Å². The predicted molar refractivity (Wildman–Crippen MR) is 153 cm³/mol. The van der Waals surface area contributed by atoms with Crippen LogP contribution in [0, 0.1) is 12.8 Å². The number of hydrogen-bond donors (Lipinski definition) is 2. The SMILES string of the molecule is Cc1ccccc1C(=O)Nc1ccc(S(=O)(=O)N[C@@H]2CCN(Cc3ccccc3)C[C@@H]2C)c2ccccc12. The summed E-state index contributed by atoms with van der Waals surface area (Å²) >= 11 is 0. The molecule has 6 nitrogen and oxygen atoms in total. The van der Waals surface area contributed by atoms with Crippen LogP contribution in [0.2, 0.25) is 0 Å². The molecule has 1 heterocycles. The van der Waals surface area contributed by atoms with Gasteiger partial charge >= 0.3 is 0 Å². The molecule has 0 aliphatic carbocycles. The molecular formula is C31H33N3O3S. The molecule has 1 saturated heterocycles. The Labute approximate surface area is 224 Å². The van der Waals surface area contributed by atoms with Crippen LogP contribution in [-0.4, -0.2) is 38.4 Å². The van der Waals surface area contributed by atoms with Crippen molar-refractivity contribution >= 4 is 32.4 Å². The fourth-order valence-electron chi connectivity index (χ4n) is 5.29. The van der Waals surface area contributed by atoms with Gasteiger partial charge in [-0.3, -0.25) is 9.69 Å². The lowest BCUT2D eigenvalue weighted by Crippen LogP contribution is -2.49. The zero-order valence-corrected chi connectivity index (χ0v) is 22.5. The van der Waals surface area contributed by atoms with Gasteiger partial charge in [-0.2, -0.15) is 0 Å². The van der Waals surface area contributed by atoms with Crippen molar-refractivity contribution in [3.05, 3.63) is 108 Å². The number of piperidine rings is 1. The van der Waals surface area contributed by atoms with Crippen LogP contribution in [0.5, 0.6) is 0 Å². The second-order valence-corrected chi connectivity index (χ2v) is 11.8. The molecule has 4 aromatic carbocycles. The molecule has 1 amide bonds. The third-order valence-corrected chi connectivity index (χ3v) is 8.90. The monoisotopic (exact) mass is 527 g/mol. The molecule has 0 aromatic heterocycles. The molecule has 196 valence electrons. The molecule has 2 atom stereocenters. The fraction of sp³-hybridized carbons (Fsp3) is 0.258. The summed E-state index contributed by atoms with van der Waals surface area (Å²) in [5, 5.41) is 4.24. The molecule has 1 aliphatic rings. The van der Waals surface area contributed by atoms with Crippen molar-refractivity contribution in [2.75, 3.05) is 18.4 Å². The highest BCUT2D eigenvalue weighted by atomic mass is 32.2. The number of carbonyl (C=O) groups excluding carboxylic acids is 1. The van der Waals surface area contributed by atoms with Crippen LogP contribution in [0.15, 0.2) is 95.9 Å². The normalized spacial score (nSPS) is 18.4. The molecule has 0 unspecified atom stereocenters. The molecule has 2 N–H and O–H groups in total. The van der Waals surface area contributed by atoms with Crippen LogP contribution in [0.1, 0.15) is 34.8 Å². The summed E-state index contributed by atoms with van der Waals surface area (Å²) in [5.74, 6) is -0.0563. The number of amides is 1. The Morgan fingerprint density at radius 3 is 2.32 bits per heavy atom. The van der Waals surface area contributed by atoms with Crippen LogP contribution in [0.3, 0.4) is 0 Å². The average Bonchev–Trinajstić information content (AvgIpc) is 2.91. The van der Waals surface area contributed by atoms with E-state index in [1.54, 1.807) is 24.3 Å². The molecule has 0 bridgehead atoms. The number of sulfonamides is 1. The Hall–Kier alpha value is -3.52. The molecular weight excluding hydrogens is 494 g/mol. The summed E-state index contributed by atoms with van der Waals surface area (Å²) in [7, 11) is -3.78. The number of carbonyl (C=O) groups is 1. The number of fused-ring (bicyclic) bond motifs is 1. The summed E-state index contributed by atoms with van der Waals surface area (Å²) in [6.45, 7) is 6.52. The Balaban J connectivity index is 1.34. The van der Waals surface area contributed by atoms with Gasteiger partial charge in [-0.25, -0.2) is 13.1 Å². The largest absolute Gasteiger partial charge is 0.321 e. The van der Waals surface area contributed by atoms with E-state index in [9.17, 15) is 13.2 Å². The van der Waals surface area contributed by atoms with E-state index in [0.717, 1.165) is 31.6 Å². The van der Waals surface area contributed by atoms with Crippen LogP contribution >= 0.6 is 0 Å². The Morgan fingerprint density at radius 2 is 1.58 bits per heavy atom. The molecule has 5 rings (SSSR count). The Kier molecular flexibility index (Phi) is 7.61. The van der Waals surface area contributed by atoms with E-state index in [-0.39, 0.29) is 22.8 Å². The highest BCUT2D eigenvalue weighted by Gasteiger charge is 2.31. The molecule has 1 fully saturated rings. The second kappa shape index (κ2) is 11.1. The number of hydrogen-bond acceptors (Lipinski definition) is 4. The lowest BCUT2D eigenvalue weighted by Gasteiger charge is -2.37. The van der Waals surface area contributed by atoms with Crippen molar-refractivity contribution in [1.29, 1.82) is 0 Å². The van der Waals surface area contributed by atoms with Crippen molar-refractivity contribution in [1.82, 2.24) is 9.62 Å². The number of rotatable bonds is 7. The minimum Gasteiger partial charge on any atom is -0.321 e. The first kappa shape index (κ1) is 26.1. The maximum atomic E-state index is 13.6. The number of nitrogens with one attached hydrogen (secondary N) is 2. The summed E-state index contributed by atoms with van der Waals surface area (Å²) in [5.41, 5.74) is 3.30. The minimum absolute atomic E-state index is 0.147. The van der Waals surface area contributed by atoms with Crippen LogP contribution in [0.25, 0.3) is 10.8 Å². The first-order valence-electron chi connectivity index (χ1n) is 13.0. The highest BCUT2D eigenvalue weighted by molar-refractivity contribution is 7.89. The van der Waals surface area contributed by atoms with Crippen molar-refractivity contribution in [3.63, 3.8) is 0 Å². The van der Waals surface area contributed by atoms with Crippen molar-refractivity contribution in [3.8, 4) is 0 Å². The van der Waals surface area contributed by atoms with E-state index in [1.807, 2.05) is 61.5 Å². The van der Waals surface area contributed by atoms with Gasteiger partial charge in [0.15, 0.2) is 0 Å². The summed E-state index contributed by atoms with van der Waals surface area (Å²) < 4.78 is 30.2. The van der Waals surface area contributed by atoms with Crippen LogP contribution in [0.4, 0.5) is 5.69 Å². The first-order chi connectivity index (χ1) is 18.3. The maximum absolute atomic E-state index is 13.6. The maximum Gasteiger partial charge on any atom is 0.255 e. The molecule has 0 spiro atoms. The van der Waals surface area contributed by atoms with E-state index in [0.29, 0.717) is 22.0 Å². The average molecular weight is 528 g/mol. The van der Waals surface area contributed by atoms with Gasteiger partial charge in [-0.1, -0.05) is 79.7 Å².